The number of benzene rings is 1. The van der Waals surface area contributed by atoms with Crippen LogP contribution in [0.2, 0.25) is 0 Å². The van der Waals surface area contributed by atoms with Gasteiger partial charge in [0.2, 0.25) is 0 Å². The van der Waals surface area contributed by atoms with Crippen LogP contribution in [0.15, 0.2) is 18.2 Å². The van der Waals surface area contributed by atoms with Gasteiger partial charge in [-0.05, 0) is 24.7 Å². The first-order valence-corrected chi connectivity index (χ1v) is 9.35. The Morgan fingerprint density at radius 3 is 2.80 bits per heavy atom. The van der Waals surface area contributed by atoms with E-state index in [-0.39, 0.29) is 0 Å². The summed E-state index contributed by atoms with van der Waals surface area (Å²) in [6, 6.07) is 6.77. The monoisotopic (exact) mass is 311 g/mol. The Kier molecular flexibility index (Phi) is 5.02. The van der Waals surface area contributed by atoms with E-state index in [0.29, 0.717) is 11.3 Å². The van der Waals surface area contributed by atoms with Gasteiger partial charge in [0.1, 0.15) is 0 Å². The second kappa shape index (κ2) is 6.96. The number of hydrogen-bond donors (Lipinski definition) is 1. The minimum atomic E-state index is 0.380. The highest BCUT2D eigenvalue weighted by molar-refractivity contribution is 8.06. The van der Waals surface area contributed by atoms with Gasteiger partial charge in [0.05, 0.1) is 13.2 Å². The smallest absolute Gasteiger partial charge is 0.161 e. The van der Waals surface area contributed by atoms with Gasteiger partial charge in [-0.3, -0.25) is 0 Å². The van der Waals surface area contributed by atoms with Crippen molar-refractivity contribution in [2.75, 3.05) is 37.5 Å². The first kappa shape index (κ1) is 14.4. The van der Waals surface area contributed by atoms with Crippen molar-refractivity contribution in [2.24, 2.45) is 0 Å². The van der Waals surface area contributed by atoms with Gasteiger partial charge in [-0.1, -0.05) is 6.07 Å². The summed E-state index contributed by atoms with van der Waals surface area (Å²) in [4.78, 5) is 0. The molecule has 3 nitrogen and oxygen atoms in total. The molecule has 1 aromatic carbocycles. The lowest BCUT2D eigenvalue weighted by molar-refractivity contribution is 0.297. The molecule has 2 unspecified atom stereocenters. The highest BCUT2D eigenvalue weighted by Gasteiger charge is 2.25. The summed E-state index contributed by atoms with van der Waals surface area (Å²) in [5, 5.41) is 4.11. The maximum absolute atomic E-state index is 5.81. The SMILES string of the molecule is CNC(c1ccc2c(c1)OCCCO2)C1CSCCS1. The molecule has 0 radical (unpaired) electrons. The molecule has 1 fully saturated rings. The predicted molar refractivity (Wildman–Crippen MR) is 87.4 cm³/mol. The fraction of sp³-hybridized carbons (Fsp3) is 0.600. The zero-order chi connectivity index (χ0) is 13.8. The third-order valence-electron chi connectivity index (χ3n) is 3.66. The van der Waals surface area contributed by atoms with Crippen LogP contribution in [0.25, 0.3) is 0 Å². The predicted octanol–water partition coefficient (Wildman–Crippen LogP) is 2.96. The molecule has 0 saturated carbocycles. The summed E-state index contributed by atoms with van der Waals surface area (Å²) in [5.74, 6) is 5.52. The second-order valence-corrected chi connectivity index (χ2v) is 7.50. The van der Waals surface area contributed by atoms with Crippen molar-refractivity contribution < 1.29 is 9.47 Å². The third kappa shape index (κ3) is 3.21. The lowest BCUT2D eigenvalue weighted by Gasteiger charge is -2.30. The van der Waals surface area contributed by atoms with Crippen LogP contribution in [0.5, 0.6) is 11.5 Å². The minimum absolute atomic E-state index is 0.380. The van der Waals surface area contributed by atoms with Crippen LogP contribution in [-0.2, 0) is 0 Å². The van der Waals surface area contributed by atoms with E-state index in [2.05, 4.69) is 47.0 Å². The number of fused-ring (bicyclic) bond motifs is 1. The lowest BCUT2D eigenvalue weighted by atomic mass is 10.0. The van der Waals surface area contributed by atoms with E-state index in [1.165, 1.54) is 22.8 Å². The van der Waals surface area contributed by atoms with E-state index in [4.69, 9.17) is 9.47 Å². The molecule has 2 aliphatic heterocycles. The van der Waals surface area contributed by atoms with Crippen molar-refractivity contribution >= 4 is 23.5 Å². The topological polar surface area (TPSA) is 30.5 Å². The van der Waals surface area contributed by atoms with Gasteiger partial charge in [0.15, 0.2) is 11.5 Å². The van der Waals surface area contributed by atoms with Crippen LogP contribution >= 0.6 is 23.5 Å². The van der Waals surface area contributed by atoms with Crippen LogP contribution in [0, 0.1) is 0 Å². The van der Waals surface area contributed by atoms with Crippen LogP contribution in [0.4, 0.5) is 0 Å². The molecule has 0 bridgehead atoms. The summed E-state index contributed by atoms with van der Waals surface area (Å²) < 4.78 is 11.5. The Morgan fingerprint density at radius 1 is 1.20 bits per heavy atom. The van der Waals surface area contributed by atoms with Gasteiger partial charge in [-0.25, -0.2) is 0 Å². The molecule has 1 saturated heterocycles. The highest BCUT2D eigenvalue weighted by Crippen LogP contribution is 2.37. The van der Waals surface area contributed by atoms with Crippen molar-refractivity contribution in [1.29, 1.82) is 0 Å². The van der Waals surface area contributed by atoms with Gasteiger partial charge >= 0.3 is 0 Å². The number of rotatable bonds is 3. The zero-order valence-corrected chi connectivity index (χ0v) is 13.4. The molecular formula is C15H21NO2S2. The Bertz CT molecular complexity index is 449. The fourth-order valence-corrected chi connectivity index (χ4v) is 5.55. The molecule has 20 heavy (non-hydrogen) atoms. The van der Waals surface area contributed by atoms with Gasteiger partial charge in [-0.2, -0.15) is 23.5 Å². The minimum Gasteiger partial charge on any atom is -0.490 e. The van der Waals surface area contributed by atoms with Crippen molar-refractivity contribution in [1.82, 2.24) is 5.32 Å². The Morgan fingerprint density at radius 2 is 2.05 bits per heavy atom. The van der Waals surface area contributed by atoms with Crippen molar-refractivity contribution in [2.45, 2.75) is 17.7 Å². The quantitative estimate of drug-likeness (QED) is 0.927. The first-order chi connectivity index (χ1) is 9.88. The number of nitrogens with one attached hydrogen (secondary N) is 1. The van der Waals surface area contributed by atoms with Crippen LogP contribution < -0.4 is 14.8 Å². The van der Waals surface area contributed by atoms with Crippen molar-refractivity contribution in [3.05, 3.63) is 23.8 Å². The average molecular weight is 311 g/mol. The molecule has 110 valence electrons. The Labute approximate surface area is 129 Å². The normalized spacial score (nSPS) is 23.9. The zero-order valence-electron chi connectivity index (χ0n) is 11.8. The number of thioether (sulfide) groups is 2. The molecular weight excluding hydrogens is 290 g/mol. The molecule has 1 N–H and O–H groups in total. The first-order valence-electron chi connectivity index (χ1n) is 7.14. The summed E-state index contributed by atoms with van der Waals surface area (Å²) in [5.41, 5.74) is 1.30. The Hall–Kier alpha value is -0.520. The molecule has 0 spiro atoms. The summed E-state index contributed by atoms with van der Waals surface area (Å²) in [6.07, 6.45) is 0.953. The van der Waals surface area contributed by atoms with Gasteiger partial charge < -0.3 is 14.8 Å². The molecule has 0 aliphatic carbocycles. The van der Waals surface area contributed by atoms with Crippen LogP contribution in [-0.4, -0.2) is 42.8 Å². The van der Waals surface area contributed by atoms with Gasteiger partial charge in [0, 0.05) is 35.0 Å². The molecule has 5 heteroatoms. The molecule has 2 atom stereocenters. The molecule has 1 aromatic rings. The maximum Gasteiger partial charge on any atom is 0.161 e. The van der Waals surface area contributed by atoms with E-state index >= 15 is 0 Å². The van der Waals surface area contributed by atoms with E-state index in [9.17, 15) is 0 Å². The van der Waals surface area contributed by atoms with E-state index in [0.717, 1.165) is 31.1 Å². The molecule has 3 rings (SSSR count). The average Bonchev–Trinajstić information content (AvgIpc) is 2.74. The molecule has 2 aliphatic rings. The maximum atomic E-state index is 5.81. The molecule has 0 aromatic heterocycles. The van der Waals surface area contributed by atoms with Crippen LogP contribution in [0.3, 0.4) is 0 Å². The number of ether oxygens (including phenoxy) is 2. The van der Waals surface area contributed by atoms with E-state index in [1.54, 1.807) is 0 Å². The van der Waals surface area contributed by atoms with Gasteiger partial charge in [0.25, 0.3) is 0 Å². The van der Waals surface area contributed by atoms with E-state index < -0.39 is 0 Å². The second-order valence-electron chi connectivity index (χ2n) is 5.01. The van der Waals surface area contributed by atoms with Gasteiger partial charge in [-0.15, -0.1) is 0 Å². The highest BCUT2D eigenvalue weighted by atomic mass is 32.2. The Balaban J connectivity index is 1.82. The lowest BCUT2D eigenvalue weighted by Crippen LogP contribution is -2.31. The summed E-state index contributed by atoms with van der Waals surface area (Å²) in [7, 11) is 2.05. The summed E-state index contributed by atoms with van der Waals surface area (Å²) in [6.45, 7) is 1.49. The molecule has 2 heterocycles. The largest absolute Gasteiger partial charge is 0.490 e. The summed E-state index contributed by atoms with van der Waals surface area (Å²) >= 11 is 4.13. The third-order valence-corrected chi connectivity index (χ3v) is 6.52. The van der Waals surface area contributed by atoms with Crippen molar-refractivity contribution in [3.8, 4) is 11.5 Å². The van der Waals surface area contributed by atoms with Crippen molar-refractivity contribution in [3.63, 3.8) is 0 Å². The fourth-order valence-electron chi connectivity index (χ4n) is 2.64. The number of hydrogen-bond acceptors (Lipinski definition) is 5. The molecule has 0 amide bonds. The van der Waals surface area contributed by atoms with E-state index in [1.807, 2.05) is 7.05 Å². The standard InChI is InChI=1S/C15H21NO2S2/c1-16-15(14-10-19-7-8-20-14)11-3-4-12-13(9-11)18-6-2-5-17-12/h3-4,9,14-16H,2,5-8,10H2,1H3. The van der Waals surface area contributed by atoms with Crippen LogP contribution in [0.1, 0.15) is 18.0 Å².